The zero-order chi connectivity index (χ0) is 13.0. The predicted molar refractivity (Wildman–Crippen MR) is 67.4 cm³/mol. The average molecular weight is 240 g/mol. The third kappa shape index (κ3) is 3.25. The number of rotatable bonds is 5. The van der Waals surface area contributed by atoms with Crippen molar-refractivity contribution >= 4 is 0 Å². The molecule has 1 aromatic rings. The van der Waals surface area contributed by atoms with Crippen LogP contribution in [0, 0.1) is 19.7 Å². The van der Waals surface area contributed by atoms with E-state index in [-0.39, 0.29) is 11.9 Å². The fourth-order valence-electron chi connectivity index (χ4n) is 1.89. The molecule has 0 spiro atoms. The lowest BCUT2D eigenvalue weighted by atomic mass is 9.96. The van der Waals surface area contributed by atoms with Crippen LogP contribution in [0.15, 0.2) is 12.1 Å². The molecule has 0 fully saturated rings. The molecule has 0 saturated carbocycles. The molecule has 17 heavy (non-hydrogen) atoms. The number of nitrogens with one attached hydrogen (secondary N) is 1. The van der Waals surface area contributed by atoms with Gasteiger partial charge in [0, 0.05) is 11.6 Å². The quantitative estimate of drug-likeness (QED) is 0.729. The number of aliphatic hydroxyl groups is 1. The van der Waals surface area contributed by atoms with Crippen LogP contribution in [0.5, 0.6) is 0 Å². The van der Waals surface area contributed by atoms with Crippen LogP contribution in [0.25, 0.3) is 0 Å². The number of nitrogens with two attached hydrogens (primary N) is 1. The van der Waals surface area contributed by atoms with E-state index in [9.17, 15) is 9.50 Å². The van der Waals surface area contributed by atoms with Crippen LogP contribution < -0.4 is 11.1 Å². The maximum absolute atomic E-state index is 13.8. The molecule has 0 bridgehead atoms. The first-order chi connectivity index (χ1) is 8.01. The largest absolute Gasteiger partial charge is 0.387 e. The molecule has 0 aromatic heterocycles. The molecule has 0 aliphatic heterocycles. The molecular formula is C13H21FN2O. The van der Waals surface area contributed by atoms with E-state index in [0.717, 1.165) is 11.1 Å². The summed E-state index contributed by atoms with van der Waals surface area (Å²) in [5.41, 5.74) is 7.66. The Bertz CT molecular complexity index is 382. The van der Waals surface area contributed by atoms with Crippen molar-refractivity contribution < 1.29 is 9.50 Å². The Hall–Kier alpha value is -0.970. The van der Waals surface area contributed by atoms with E-state index in [4.69, 9.17) is 5.73 Å². The lowest BCUT2D eigenvalue weighted by Crippen LogP contribution is -2.34. The van der Waals surface area contributed by atoms with E-state index < -0.39 is 6.10 Å². The Kier molecular flexibility index (Phi) is 5.05. The Morgan fingerprint density at radius 2 is 1.94 bits per heavy atom. The normalized spacial score (nSPS) is 14.7. The fraction of sp³-hybridized carbons (Fsp3) is 0.538. The Morgan fingerprint density at radius 1 is 1.35 bits per heavy atom. The van der Waals surface area contributed by atoms with Gasteiger partial charge in [-0.3, -0.25) is 0 Å². The molecule has 1 rings (SSSR count). The molecule has 2 atom stereocenters. The number of halogens is 1. The Labute approximate surface area is 102 Å². The smallest absolute Gasteiger partial charge is 0.129 e. The molecular weight excluding hydrogens is 219 g/mol. The highest BCUT2D eigenvalue weighted by atomic mass is 19.1. The molecule has 0 heterocycles. The van der Waals surface area contributed by atoms with E-state index in [1.54, 1.807) is 13.1 Å². The first kappa shape index (κ1) is 14.1. The second-order valence-electron chi connectivity index (χ2n) is 4.38. The van der Waals surface area contributed by atoms with Gasteiger partial charge in [-0.05, 0) is 51.1 Å². The average Bonchev–Trinajstić information content (AvgIpc) is 2.30. The van der Waals surface area contributed by atoms with Crippen molar-refractivity contribution in [1.29, 1.82) is 0 Å². The minimum Gasteiger partial charge on any atom is -0.387 e. The molecule has 0 radical (unpaired) electrons. The zero-order valence-electron chi connectivity index (χ0n) is 10.6. The van der Waals surface area contributed by atoms with Gasteiger partial charge in [0.25, 0.3) is 0 Å². The van der Waals surface area contributed by atoms with Gasteiger partial charge >= 0.3 is 0 Å². The van der Waals surface area contributed by atoms with E-state index in [2.05, 4.69) is 5.32 Å². The molecule has 2 unspecified atom stereocenters. The van der Waals surface area contributed by atoms with Crippen molar-refractivity contribution in [2.45, 2.75) is 32.4 Å². The molecule has 0 aliphatic rings. The van der Waals surface area contributed by atoms with Crippen molar-refractivity contribution in [2.75, 3.05) is 13.6 Å². The molecule has 1 aromatic carbocycles. The standard InChI is InChI=1S/C13H21FN2O/c1-8-6-10(11(14)7-9(8)2)13(17)12(16-3)4-5-15/h6-7,12-13,16-17H,4-5,15H2,1-3H3. The van der Waals surface area contributed by atoms with Gasteiger partial charge in [0.2, 0.25) is 0 Å². The highest BCUT2D eigenvalue weighted by molar-refractivity contribution is 5.33. The van der Waals surface area contributed by atoms with E-state index in [1.165, 1.54) is 6.07 Å². The molecule has 0 saturated heterocycles. The van der Waals surface area contributed by atoms with Crippen LogP contribution in [0.4, 0.5) is 4.39 Å². The van der Waals surface area contributed by atoms with Crippen LogP contribution >= 0.6 is 0 Å². The first-order valence-corrected chi connectivity index (χ1v) is 5.83. The van der Waals surface area contributed by atoms with E-state index in [0.29, 0.717) is 18.5 Å². The van der Waals surface area contributed by atoms with Crippen LogP contribution in [0.3, 0.4) is 0 Å². The summed E-state index contributed by atoms with van der Waals surface area (Å²) in [5, 5.41) is 13.1. The summed E-state index contributed by atoms with van der Waals surface area (Å²) in [4.78, 5) is 0. The van der Waals surface area contributed by atoms with Gasteiger partial charge in [-0.25, -0.2) is 4.39 Å². The van der Waals surface area contributed by atoms with E-state index in [1.807, 2.05) is 13.8 Å². The summed E-state index contributed by atoms with van der Waals surface area (Å²) >= 11 is 0. The van der Waals surface area contributed by atoms with Gasteiger partial charge in [-0.1, -0.05) is 6.07 Å². The molecule has 4 heteroatoms. The fourth-order valence-corrected chi connectivity index (χ4v) is 1.89. The number of aliphatic hydroxyl groups excluding tert-OH is 1. The van der Waals surface area contributed by atoms with Crippen LogP contribution in [0.1, 0.15) is 29.2 Å². The number of hydrogen-bond donors (Lipinski definition) is 3. The van der Waals surface area contributed by atoms with Gasteiger partial charge in [0.05, 0.1) is 6.10 Å². The third-order valence-corrected chi connectivity index (χ3v) is 3.16. The summed E-state index contributed by atoms with van der Waals surface area (Å²) in [6, 6.07) is 2.94. The van der Waals surface area contributed by atoms with Gasteiger partial charge in [-0.15, -0.1) is 0 Å². The predicted octanol–water partition coefficient (Wildman–Crippen LogP) is 1.41. The van der Waals surface area contributed by atoms with Crippen LogP contribution in [-0.2, 0) is 0 Å². The molecule has 0 aliphatic carbocycles. The van der Waals surface area contributed by atoms with Crippen molar-refractivity contribution in [1.82, 2.24) is 5.32 Å². The second-order valence-corrected chi connectivity index (χ2v) is 4.38. The number of benzene rings is 1. The van der Waals surface area contributed by atoms with Crippen LogP contribution in [-0.4, -0.2) is 24.7 Å². The molecule has 0 amide bonds. The second kappa shape index (κ2) is 6.10. The molecule has 3 nitrogen and oxygen atoms in total. The molecule has 4 N–H and O–H groups in total. The summed E-state index contributed by atoms with van der Waals surface area (Å²) in [7, 11) is 1.74. The lowest BCUT2D eigenvalue weighted by Gasteiger charge is -2.23. The van der Waals surface area contributed by atoms with Crippen molar-refractivity contribution in [3.63, 3.8) is 0 Å². The summed E-state index contributed by atoms with van der Waals surface area (Å²) in [6.45, 7) is 4.21. The monoisotopic (exact) mass is 240 g/mol. The van der Waals surface area contributed by atoms with Gasteiger partial charge in [0.1, 0.15) is 5.82 Å². The highest BCUT2D eigenvalue weighted by Gasteiger charge is 2.22. The Balaban J connectivity index is 3.02. The van der Waals surface area contributed by atoms with Crippen molar-refractivity contribution in [3.8, 4) is 0 Å². The minimum absolute atomic E-state index is 0.225. The number of likely N-dealkylation sites (N-methyl/N-ethyl adjacent to an activating group) is 1. The third-order valence-electron chi connectivity index (χ3n) is 3.16. The van der Waals surface area contributed by atoms with Crippen LogP contribution in [0.2, 0.25) is 0 Å². The summed E-state index contributed by atoms with van der Waals surface area (Å²) < 4.78 is 13.8. The SMILES string of the molecule is CNC(CCN)C(O)c1cc(C)c(C)cc1F. The van der Waals surface area contributed by atoms with Gasteiger partial charge in [0.15, 0.2) is 0 Å². The number of hydrogen-bond acceptors (Lipinski definition) is 3. The topological polar surface area (TPSA) is 58.3 Å². The molecule has 96 valence electrons. The first-order valence-electron chi connectivity index (χ1n) is 5.83. The Morgan fingerprint density at radius 3 is 2.47 bits per heavy atom. The number of aryl methyl sites for hydroxylation is 2. The van der Waals surface area contributed by atoms with E-state index >= 15 is 0 Å². The van der Waals surface area contributed by atoms with Crippen molar-refractivity contribution in [2.24, 2.45) is 5.73 Å². The zero-order valence-corrected chi connectivity index (χ0v) is 10.6. The highest BCUT2D eigenvalue weighted by Crippen LogP contribution is 2.24. The van der Waals surface area contributed by atoms with Gasteiger partial charge < -0.3 is 16.2 Å². The summed E-state index contributed by atoms with van der Waals surface area (Å²) in [5.74, 6) is -0.363. The minimum atomic E-state index is -0.872. The van der Waals surface area contributed by atoms with Crippen molar-refractivity contribution in [3.05, 3.63) is 34.6 Å². The maximum Gasteiger partial charge on any atom is 0.129 e. The lowest BCUT2D eigenvalue weighted by molar-refractivity contribution is 0.125. The van der Waals surface area contributed by atoms with Gasteiger partial charge in [-0.2, -0.15) is 0 Å². The summed E-state index contributed by atoms with van der Waals surface area (Å²) in [6.07, 6.45) is -0.271. The maximum atomic E-state index is 13.8.